The molecule has 1 aliphatic rings. The van der Waals surface area contributed by atoms with E-state index in [1.165, 1.54) is 0 Å². The smallest absolute Gasteiger partial charge is 0.141 e. The fourth-order valence-corrected chi connectivity index (χ4v) is 12.0. The van der Waals surface area contributed by atoms with Gasteiger partial charge in [0.25, 0.3) is 0 Å². The zero-order valence-corrected chi connectivity index (χ0v) is 36.1. The lowest BCUT2D eigenvalue weighted by atomic mass is 9.33. The minimum atomic E-state index is -1.38. The maximum atomic E-state index is 7.71. The van der Waals surface area contributed by atoms with Crippen LogP contribution in [0, 0.1) is 0 Å². The van der Waals surface area contributed by atoms with Gasteiger partial charge in [-0.25, -0.2) is 9.97 Å². The number of hydrogen-bond acceptors (Lipinski definition) is 5. The molecule has 0 amide bonds. The summed E-state index contributed by atoms with van der Waals surface area (Å²) in [5, 5.41) is 6.76. The molecule has 0 saturated carbocycles. The predicted octanol–water partition coefficient (Wildman–Crippen LogP) is 12.6. The molecular weight excluding hydrogens is 807 g/mol. The van der Waals surface area contributed by atoms with E-state index in [9.17, 15) is 0 Å². The number of furan rings is 1. The number of nitrogens with one attached hydrogen (secondary N) is 2. The molecule has 6 nitrogen and oxygen atoms in total. The molecule has 12 rings (SSSR count). The van der Waals surface area contributed by atoms with Crippen LogP contribution in [-0.2, 0) is 21.8 Å². The van der Waals surface area contributed by atoms with Crippen LogP contribution in [0.2, 0.25) is 0 Å². The van der Waals surface area contributed by atoms with Crippen LogP contribution < -0.4 is 5.32 Å². The van der Waals surface area contributed by atoms with Crippen molar-refractivity contribution in [1.29, 1.82) is 0 Å². The van der Waals surface area contributed by atoms with E-state index >= 15 is 0 Å². The summed E-state index contributed by atoms with van der Waals surface area (Å²) in [5.41, 5.74) is 3.43. The van der Waals surface area contributed by atoms with E-state index in [4.69, 9.17) is 24.7 Å². The topological polar surface area (TPSA) is 79.6 Å². The van der Waals surface area contributed by atoms with E-state index in [0.717, 1.165) is 66.8 Å². The van der Waals surface area contributed by atoms with Gasteiger partial charge in [-0.2, -0.15) is 0 Å². The molecule has 1 saturated heterocycles. The number of fused-ring (bicyclic) bond motifs is 2. The Bertz CT molecular complexity index is 3250. The van der Waals surface area contributed by atoms with Gasteiger partial charge in [-0.3, -0.25) is 10.3 Å². The second-order valence-corrected chi connectivity index (χ2v) is 17.2. The molecule has 0 spiro atoms. The van der Waals surface area contributed by atoms with Crippen LogP contribution in [0.5, 0.6) is 0 Å². The molecule has 2 N–H and O–H groups in total. The third kappa shape index (κ3) is 5.42. The van der Waals surface area contributed by atoms with Crippen molar-refractivity contribution in [1.82, 2.24) is 25.3 Å². The van der Waals surface area contributed by atoms with Crippen LogP contribution in [0.4, 0.5) is 0 Å². The Hall–Kier alpha value is -8.19. The SMILES string of the molecule is c1ccc(C2NC(c3ccccc3)(c3cc4ccccc4[nH]3)C(c3ccccc3)(c3cc4ccccc4o3)C(c3ccccc3)(c3ncccn3)C2(c2ccccc2)c2ccccn2)cc1. The zero-order valence-electron chi connectivity index (χ0n) is 36.1. The number of rotatable bonds is 9. The fraction of sp³-hybridized carbons (Fsp3) is 0.0833. The summed E-state index contributed by atoms with van der Waals surface area (Å²) in [6.45, 7) is 0. The van der Waals surface area contributed by atoms with E-state index in [-0.39, 0.29) is 0 Å². The molecule has 7 aromatic carbocycles. The highest BCUT2D eigenvalue weighted by atomic mass is 16.3. The summed E-state index contributed by atoms with van der Waals surface area (Å²) in [6.07, 6.45) is 5.70. The van der Waals surface area contributed by atoms with Crippen LogP contribution >= 0.6 is 0 Å². The van der Waals surface area contributed by atoms with Gasteiger partial charge in [-0.15, -0.1) is 0 Å². The van der Waals surface area contributed by atoms with Gasteiger partial charge in [0.15, 0.2) is 0 Å². The van der Waals surface area contributed by atoms with Gasteiger partial charge in [-0.05, 0) is 75.7 Å². The molecule has 0 aliphatic carbocycles. The molecule has 316 valence electrons. The number of aromatic nitrogens is 4. The number of para-hydroxylation sites is 2. The van der Waals surface area contributed by atoms with Crippen LogP contribution in [0.3, 0.4) is 0 Å². The molecule has 66 heavy (non-hydrogen) atoms. The van der Waals surface area contributed by atoms with E-state index in [2.05, 4.69) is 223 Å². The molecule has 5 unspecified atom stereocenters. The Kier molecular flexibility index (Phi) is 9.44. The molecule has 0 radical (unpaired) electrons. The maximum Gasteiger partial charge on any atom is 0.141 e. The first-order valence-electron chi connectivity index (χ1n) is 22.5. The number of aromatic amines is 1. The van der Waals surface area contributed by atoms with Crippen molar-refractivity contribution < 1.29 is 4.42 Å². The molecule has 11 aromatic rings. The number of hydrogen-bond donors (Lipinski definition) is 2. The summed E-state index contributed by atoms with van der Waals surface area (Å²) in [4.78, 5) is 20.9. The highest BCUT2D eigenvalue weighted by molar-refractivity contribution is 5.83. The third-order valence-electron chi connectivity index (χ3n) is 14.2. The minimum Gasteiger partial charge on any atom is -0.460 e. The molecule has 4 aromatic heterocycles. The maximum absolute atomic E-state index is 7.71. The van der Waals surface area contributed by atoms with E-state index in [1.807, 2.05) is 36.8 Å². The highest BCUT2D eigenvalue weighted by Gasteiger charge is 2.82. The zero-order chi connectivity index (χ0) is 44.0. The molecule has 0 bridgehead atoms. The van der Waals surface area contributed by atoms with Gasteiger partial charge in [0, 0.05) is 41.2 Å². The quantitative estimate of drug-likeness (QED) is 0.151. The molecule has 5 heterocycles. The average molecular weight is 852 g/mol. The molecular formula is C60H45N5O. The summed E-state index contributed by atoms with van der Waals surface area (Å²) in [5.74, 6) is 1.33. The molecule has 6 heteroatoms. The number of H-pyrrole nitrogens is 1. The van der Waals surface area contributed by atoms with Crippen molar-refractivity contribution in [2.45, 2.75) is 27.8 Å². The van der Waals surface area contributed by atoms with Gasteiger partial charge in [-0.1, -0.05) is 194 Å². The van der Waals surface area contributed by atoms with Gasteiger partial charge >= 0.3 is 0 Å². The Labute approximate surface area is 383 Å². The first kappa shape index (κ1) is 39.4. The second kappa shape index (κ2) is 15.8. The Morgan fingerprint density at radius 2 is 0.955 bits per heavy atom. The number of benzene rings is 7. The van der Waals surface area contributed by atoms with Crippen molar-refractivity contribution in [2.24, 2.45) is 0 Å². The monoisotopic (exact) mass is 851 g/mol. The van der Waals surface area contributed by atoms with Crippen molar-refractivity contribution in [2.75, 3.05) is 0 Å². The van der Waals surface area contributed by atoms with Crippen LogP contribution in [0.15, 0.2) is 260 Å². The number of pyridine rings is 1. The summed E-state index contributed by atoms with van der Waals surface area (Å²) < 4.78 is 7.71. The van der Waals surface area contributed by atoms with Gasteiger partial charge in [0.2, 0.25) is 0 Å². The first-order valence-corrected chi connectivity index (χ1v) is 22.5. The standard InChI is InChI=1S/C60H45N5O/c1-6-23-43(24-7-1)55-57(46-27-8-2-9-28-46,52-37-20-21-38-61-52)59(48-31-12-4-13-32-48,56-62-39-22-40-63-56)58(47-29-10-3-11-30-47,54-42-45-26-17-19-36-51(45)66-54)60(65-55,49-33-14-5-15-34-49)53-41-44-25-16-18-35-50(44)64-53/h1-42,55,64-65H. The van der Waals surface area contributed by atoms with Crippen molar-refractivity contribution in [3.8, 4) is 0 Å². The van der Waals surface area contributed by atoms with Crippen LogP contribution in [-0.4, -0.2) is 19.9 Å². The summed E-state index contributed by atoms with van der Waals surface area (Å²) in [6, 6.07) is 83.7. The summed E-state index contributed by atoms with van der Waals surface area (Å²) in [7, 11) is 0. The predicted molar refractivity (Wildman–Crippen MR) is 262 cm³/mol. The number of piperidine rings is 1. The normalized spacial score (nSPS) is 22.9. The van der Waals surface area contributed by atoms with Crippen LogP contribution in [0.25, 0.3) is 21.9 Å². The van der Waals surface area contributed by atoms with E-state index < -0.39 is 27.8 Å². The number of nitrogens with zero attached hydrogens (tertiary/aromatic N) is 3. The largest absolute Gasteiger partial charge is 0.460 e. The molecule has 5 atom stereocenters. The Morgan fingerprint density at radius 1 is 0.424 bits per heavy atom. The second-order valence-electron chi connectivity index (χ2n) is 17.2. The summed E-state index contributed by atoms with van der Waals surface area (Å²) >= 11 is 0. The third-order valence-corrected chi connectivity index (χ3v) is 14.2. The van der Waals surface area contributed by atoms with Crippen molar-refractivity contribution in [3.63, 3.8) is 0 Å². The van der Waals surface area contributed by atoms with Crippen LogP contribution in [0.1, 0.15) is 56.8 Å². The van der Waals surface area contributed by atoms with E-state index in [1.54, 1.807) is 0 Å². The van der Waals surface area contributed by atoms with Gasteiger partial charge < -0.3 is 9.40 Å². The minimum absolute atomic E-state index is 0.548. The Balaban J connectivity index is 1.47. The fourth-order valence-electron chi connectivity index (χ4n) is 12.0. The lowest BCUT2D eigenvalue weighted by molar-refractivity contribution is -0.0100. The van der Waals surface area contributed by atoms with Crippen molar-refractivity contribution >= 4 is 21.9 Å². The van der Waals surface area contributed by atoms with Gasteiger partial charge in [0.1, 0.15) is 22.7 Å². The lowest BCUT2D eigenvalue weighted by Crippen LogP contribution is -2.81. The van der Waals surface area contributed by atoms with Crippen molar-refractivity contribution in [3.05, 3.63) is 306 Å². The Morgan fingerprint density at radius 3 is 1.58 bits per heavy atom. The first-order chi connectivity index (χ1) is 32.7. The van der Waals surface area contributed by atoms with Gasteiger partial charge in [0.05, 0.1) is 21.9 Å². The molecule has 1 fully saturated rings. The highest BCUT2D eigenvalue weighted by Crippen LogP contribution is 2.75. The van der Waals surface area contributed by atoms with E-state index in [0.29, 0.717) is 5.82 Å². The molecule has 1 aliphatic heterocycles. The lowest BCUT2D eigenvalue weighted by Gasteiger charge is -2.71. The average Bonchev–Trinajstić information content (AvgIpc) is 4.05.